The zero-order valence-corrected chi connectivity index (χ0v) is 15.1. The number of hydrogen-bond donors (Lipinski definition) is 2. The van der Waals surface area contributed by atoms with Gasteiger partial charge in [-0.05, 0) is 43.7 Å². The van der Waals surface area contributed by atoms with E-state index in [0.29, 0.717) is 24.5 Å². The van der Waals surface area contributed by atoms with Crippen LogP contribution in [0, 0.1) is 5.92 Å². The Labute approximate surface area is 152 Å². The number of anilines is 1. The van der Waals surface area contributed by atoms with Crippen molar-refractivity contribution in [2.24, 2.45) is 5.92 Å². The molecule has 2 N–H and O–H groups in total. The van der Waals surface area contributed by atoms with E-state index in [1.54, 1.807) is 12.1 Å². The molecule has 2 heterocycles. The van der Waals surface area contributed by atoms with Gasteiger partial charge in [0.1, 0.15) is 12.1 Å². The van der Waals surface area contributed by atoms with Crippen LogP contribution in [-0.2, 0) is 9.59 Å². The van der Waals surface area contributed by atoms with Gasteiger partial charge >= 0.3 is 6.03 Å². The summed E-state index contributed by atoms with van der Waals surface area (Å²) in [6, 6.07) is 2.84. The minimum absolute atomic E-state index is 0.255. The molecule has 0 atom stereocenters. The molecule has 8 nitrogen and oxygen atoms in total. The molecule has 0 bridgehead atoms. The second-order valence-corrected chi connectivity index (χ2v) is 6.86. The van der Waals surface area contributed by atoms with Crippen LogP contribution in [0.4, 0.5) is 10.6 Å². The SMILES string of the molecule is CCC1CCC2(CC1)NC(=O)N(CC(=O)Nc1ncccc1OC)C2=O. The van der Waals surface area contributed by atoms with Gasteiger partial charge in [-0.15, -0.1) is 0 Å². The number of carbonyl (C=O) groups excluding carboxylic acids is 3. The number of amides is 4. The molecular formula is C18H24N4O4. The van der Waals surface area contributed by atoms with Crippen molar-refractivity contribution in [1.29, 1.82) is 0 Å². The van der Waals surface area contributed by atoms with Crippen LogP contribution < -0.4 is 15.4 Å². The lowest BCUT2D eigenvalue weighted by Crippen LogP contribution is -2.49. The first-order valence-corrected chi connectivity index (χ1v) is 8.92. The minimum atomic E-state index is -0.842. The smallest absolute Gasteiger partial charge is 0.325 e. The fourth-order valence-corrected chi connectivity index (χ4v) is 3.70. The van der Waals surface area contributed by atoms with E-state index in [0.717, 1.165) is 24.2 Å². The monoisotopic (exact) mass is 360 g/mol. The second kappa shape index (κ2) is 7.31. The van der Waals surface area contributed by atoms with E-state index in [2.05, 4.69) is 22.5 Å². The molecule has 1 spiro atoms. The van der Waals surface area contributed by atoms with Crippen LogP contribution in [-0.4, -0.2) is 46.9 Å². The number of methoxy groups -OCH3 is 1. The molecule has 2 fully saturated rings. The molecule has 1 aliphatic heterocycles. The molecule has 1 saturated heterocycles. The van der Waals surface area contributed by atoms with E-state index < -0.39 is 17.5 Å². The first-order chi connectivity index (χ1) is 12.5. The van der Waals surface area contributed by atoms with Gasteiger partial charge < -0.3 is 15.4 Å². The third kappa shape index (κ3) is 3.36. The van der Waals surface area contributed by atoms with E-state index in [1.807, 2.05) is 0 Å². The Morgan fingerprint density at radius 1 is 1.42 bits per heavy atom. The number of carbonyl (C=O) groups is 3. The van der Waals surface area contributed by atoms with Crippen LogP contribution in [0.25, 0.3) is 0 Å². The van der Waals surface area contributed by atoms with Crippen molar-refractivity contribution in [3.8, 4) is 5.75 Å². The maximum Gasteiger partial charge on any atom is 0.325 e. The predicted octanol–water partition coefficient (Wildman–Crippen LogP) is 1.92. The van der Waals surface area contributed by atoms with Crippen LogP contribution in [0.3, 0.4) is 0 Å². The van der Waals surface area contributed by atoms with Crippen molar-refractivity contribution >= 4 is 23.7 Å². The normalized spacial score (nSPS) is 25.3. The molecule has 8 heteroatoms. The van der Waals surface area contributed by atoms with Gasteiger partial charge in [-0.3, -0.25) is 14.5 Å². The molecule has 0 unspecified atom stereocenters. The molecule has 1 aliphatic carbocycles. The Bertz CT molecular complexity index is 713. The van der Waals surface area contributed by atoms with Gasteiger partial charge in [0.05, 0.1) is 7.11 Å². The quantitative estimate of drug-likeness (QED) is 0.781. The fraction of sp³-hybridized carbons (Fsp3) is 0.556. The number of imide groups is 1. The number of nitrogens with zero attached hydrogens (tertiary/aromatic N) is 2. The molecule has 1 aromatic rings. The molecule has 2 aliphatic rings. The largest absolute Gasteiger partial charge is 0.493 e. The van der Waals surface area contributed by atoms with E-state index in [9.17, 15) is 14.4 Å². The first kappa shape index (κ1) is 18.2. The highest BCUT2D eigenvalue weighted by Gasteiger charge is 2.52. The van der Waals surface area contributed by atoms with Gasteiger partial charge in [0.2, 0.25) is 5.91 Å². The summed E-state index contributed by atoms with van der Waals surface area (Å²) in [7, 11) is 1.47. The average molecular weight is 360 g/mol. The summed E-state index contributed by atoms with van der Waals surface area (Å²) in [5.41, 5.74) is -0.842. The summed E-state index contributed by atoms with van der Waals surface area (Å²) in [6.07, 6.45) is 5.68. The topological polar surface area (TPSA) is 101 Å². The van der Waals surface area contributed by atoms with E-state index in [1.165, 1.54) is 13.3 Å². The number of ether oxygens (including phenoxy) is 1. The summed E-state index contributed by atoms with van der Waals surface area (Å²) in [5.74, 6) is 0.460. The molecule has 3 rings (SSSR count). The zero-order valence-electron chi connectivity index (χ0n) is 15.1. The molecular weight excluding hydrogens is 336 g/mol. The molecule has 1 aromatic heterocycles. The number of nitrogens with one attached hydrogen (secondary N) is 2. The molecule has 0 aromatic carbocycles. The highest BCUT2D eigenvalue weighted by atomic mass is 16.5. The lowest BCUT2D eigenvalue weighted by Gasteiger charge is -2.34. The van der Waals surface area contributed by atoms with E-state index >= 15 is 0 Å². The number of hydrogen-bond acceptors (Lipinski definition) is 5. The summed E-state index contributed by atoms with van der Waals surface area (Å²) in [4.78, 5) is 42.5. The molecule has 26 heavy (non-hydrogen) atoms. The molecule has 1 saturated carbocycles. The lowest BCUT2D eigenvalue weighted by atomic mass is 9.75. The molecule has 0 radical (unpaired) electrons. The zero-order chi connectivity index (χ0) is 18.7. The highest BCUT2D eigenvalue weighted by Crippen LogP contribution is 2.37. The Morgan fingerprint density at radius 2 is 2.15 bits per heavy atom. The number of aromatic nitrogens is 1. The van der Waals surface area contributed by atoms with E-state index in [-0.39, 0.29) is 18.3 Å². The van der Waals surface area contributed by atoms with Crippen molar-refractivity contribution in [2.45, 2.75) is 44.6 Å². The van der Waals surface area contributed by atoms with E-state index in [4.69, 9.17) is 4.74 Å². The third-order valence-corrected chi connectivity index (χ3v) is 5.33. The molecule has 140 valence electrons. The average Bonchev–Trinajstić information content (AvgIpc) is 2.87. The van der Waals surface area contributed by atoms with Crippen LogP contribution in [0.2, 0.25) is 0 Å². The third-order valence-electron chi connectivity index (χ3n) is 5.33. The van der Waals surface area contributed by atoms with Gasteiger partial charge in [0, 0.05) is 6.20 Å². The summed E-state index contributed by atoms with van der Waals surface area (Å²) in [6.45, 7) is 1.80. The maximum absolute atomic E-state index is 12.8. The van der Waals surface area contributed by atoms with Gasteiger partial charge in [0.25, 0.3) is 5.91 Å². The predicted molar refractivity (Wildman–Crippen MR) is 94.6 cm³/mol. The van der Waals surface area contributed by atoms with Gasteiger partial charge in [-0.2, -0.15) is 0 Å². The fourth-order valence-electron chi connectivity index (χ4n) is 3.70. The van der Waals surface area contributed by atoms with Gasteiger partial charge in [-0.25, -0.2) is 9.78 Å². The Morgan fingerprint density at radius 3 is 2.81 bits per heavy atom. The molecule has 4 amide bonds. The Hall–Kier alpha value is -2.64. The van der Waals surface area contributed by atoms with Crippen molar-refractivity contribution in [1.82, 2.24) is 15.2 Å². The summed E-state index contributed by atoms with van der Waals surface area (Å²) < 4.78 is 5.13. The summed E-state index contributed by atoms with van der Waals surface area (Å²) in [5, 5.41) is 5.41. The second-order valence-electron chi connectivity index (χ2n) is 6.86. The van der Waals surface area contributed by atoms with Gasteiger partial charge in [0.15, 0.2) is 11.6 Å². The van der Waals surface area contributed by atoms with Crippen LogP contribution in [0.1, 0.15) is 39.0 Å². The number of rotatable bonds is 5. The van der Waals surface area contributed by atoms with Crippen LogP contribution in [0.5, 0.6) is 5.75 Å². The summed E-state index contributed by atoms with van der Waals surface area (Å²) >= 11 is 0. The standard InChI is InChI=1S/C18H24N4O4/c1-3-12-6-8-18(9-7-12)16(24)22(17(25)21-18)11-14(23)20-15-13(26-2)5-4-10-19-15/h4-5,10,12H,3,6-9,11H2,1-2H3,(H,21,25)(H,19,20,23). The van der Waals surface area contributed by atoms with Crippen molar-refractivity contribution in [2.75, 3.05) is 19.0 Å². The number of pyridine rings is 1. The van der Waals surface area contributed by atoms with Crippen LogP contribution in [0.15, 0.2) is 18.3 Å². The van der Waals surface area contributed by atoms with Crippen LogP contribution >= 0.6 is 0 Å². The highest BCUT2D eigenvalue weighted by molar-refractivity contribution is 6.10. The lowest BCUT2D eigenvalue weighted by molar-refractivity contribution is -0.135. The minimum Gasteiger partial charge on any atom is -0.493 e. The number of urea groups is 1. The van der Waals surface area contributed by atoms with Crippen molar-refractivity contribution in [3.05, 3.63) is 18.3 Å². The Balaban J connectivity index is 1.65. The Kier molecular flexibility index (Phi) is 5.11. The van der Waals surface area contributed by atoms with Crippen molar-refractivity contribution < 1.29 is 19.1 Å². The first-order valence-electron chi connectivity index (χ1n) is 8.92. The maximum atomic E-state index is 12.8. The van der Waals surface area contributed by atoms with Crippen molar-refractivity contribution in [3.63, 3.8) is 0 Å². The van der Waals surface area contributed by atoms with Gasteiger partial charge in [-0.1, -0.05) is 13.3 Å².